The lowest BCUT2D eigenvalue weighted by Crippen LogP contribution is -2.58. The van der Waals surface area contributed by atoms with Gasteiger partial charge >= 0.3 is 18.5 Å². The van der Waals surface area contributed by atoms with E-state index in [4.69, 9.17) is 10.2 Å². The maximum absolute atomic E-state index is 12.4. The van der Waals surface area contributed by atoms with Crippen LogP contribution in [0.25, 0.3) is 0 Å². The highest BCUT2D eigenvalue weighted by molar-refractivity contribution is 4.96. The first-order valence-electron chi connectivity index (χ1n) is 5.50. The van der Waals surface area contributed by atoms with Crippen molar-refractivity contribution in [1.29, 1.82) is 0 Å². The molecule has 0 spiro atoms. The second-order valence-electron chi connectivity index (χ2n) is 5.14. The summed E-state index contributed by atoms with van der Waals surface area (Å²) < 4.78 is 111. The monoisotopic (exact) mass is 336 g/mol. The molecule has 0 fully saturated rings. The largest absolute Gasteiger partial charge is 0.426 e. The Morgan fingerprint density at radius 3 is 1.29 bits per heavy atom. The van der Waals surface area contributed by atoms with Crippen molar-refractivity contribution >= 4 is 0 Å². The van der Waals surface area contributed by atoms with Gasteiger partial charge in [0.15, 0.2) is 5.60 Å². The van der Waals surface area contributed by atoms with Crippen LogP contribution in [0.2, 0.25) is 0 Å². The van der Waals surface area contributed by atoms with Gasteiger partial charge in [0.05, 0.1) is 0 Å². The summed E-state index contributed by atoms with van der Waals surface area (Å²) in [5.41, 5.74) is -8.61. The summed E-state index contributed by atoms with van der Waals surface area (Å²) in [5, 5.41) is 17.9. The average Bonchev–Trinajstić information content (AvgIpc) is 2.10. The van der Waals surface area contributed by atoms with E-state index in [1.165, 1.54) is 0 Å². The molecule has 0 heterocycles. The Labute approximate surface area is 113 Å². The predicted molar refractivity (Wildman–Crippen MR) is 52.1 cm³/mol. The molecule has 0 saturated heterocycles. The molecule has 21 heavy (non-hydrogen) atoms. The lowest BCUT2D eigenvalue weighted by atomic mass is 9.83. The lowest BCUT2D eigenvalue weighted by Gasteiger charge is -2.36. The smallest absolute Gasteiger partial charge is 0.381 e. The first-order valence-corrected chi connectivity index (χ1v) is 5.50. The fourth-order valence-corrected chi connectivity index (χ4v) is 1.76. The Balaban J connectivity index is 5.25. The number of rotatable bonds is 4. The predicted octanol–water partition coefficient (Wildman–Crippen LogP) is 3.57. The molecule has 0 aliphatic carbocycles. The Kier molecular flexibility index (Phi) is 5.30. The third kappa shape index (κ3) is 4.38. The Hall–Kier alpha value is -0.710. The van der Waals surface area contributed by atoms with Crippen molar-refractivity contribution in [3.8, 4) is 0 Å². The highest BCUT2D eigenvalue weighted by Crippen LogP contribution is 2.48. The number of hydrogen-bond acceptors (Lipinski definition) is 2. The molecule has 0 rings (SSSR count). The van der Waals surface area contributed by atoms with Gasteiger partial charge in [-0.3, -0.25) is 0 Å². The van der Waals surface area contributed by atoms with Crippen LogP contribution >= 0.6 is 0 Å². The Morgan fingerprint density at radius 1 is 0.714 bits per heavy atom. The molecule has 0 aliphatic rings. The van der Waals surface area contributed by atoms with E-state index in [0.717, 1.165) is 0 Å². The van der Waals surface area contributed by atoms with Gasteiger partial charge in [-0.15, -0.1) is 0 Å². The number of halogens is 9. The lowest BCUT2D eigenvalue weighted by molar-refractivity contribution is -0.373. The topological polar surface area (TPSA) is 40.5 Å². The summed E-state index contributed by atoms with van der Waals surface area (Å²) in [4.78, 5) is 0. The van der Waals surface area contributed by atoms with Gasteiger partial charge in [0.2, 0.25) is 0 Å². The van der Waals surface area contributed by atoms with Gasteiger partial charge in [-0.1, -0.05) is 6.92 Å². The zero-order valence-electron chi connectivity index (χ0n) is 10.8. The highest BCUT2D eigenvalue weighted by Gasteiger charge is 2.70. The second kappa shape index (κ2) is 5.49. The van der Waals surface area contributed by atoms with Crippen molar-refractivity contribution in [1.82, 2.24) is 0 Å². The number of aliphatic hydroxyl groups is 2. The minimum Gasteiger partial charge on any atom is -0.381 e. The minimum absolute atomic E-state index is 0.226. The van der Waals surface area contributed by atoms with E-state index < -0.39 is 48.5 Å². The molecule has 0 aromatic rings. The summed E-state index contributed by atoms with van der Waals surface area (Å²) in [6, 6.07) is 0. The molecule has 2 atom stereocenters. The minimum atomic E-state index is -6.11. The van der Waals surface area contributed by atoms with Crippen LogP contribution in [0, 0.1) is 5.92 Å². The third-order valence-electron chi connectivity index (χ3n) is 2.94. The molecule has 11 heteroatoms. The van der Waals surface area contributed by atoms with E-state index in [2.05, 4.69) is 0 Å². The maximum atomic E-state index is 12.4. The van der Waals surface area contributed by atoms with Crippen molar-refractivity contribution < 1.29 is 49.7 Å². The Morgan fingerprint density at radius 2 is 1.05 bits per heavy atom. The zero-order valence-corrected chi connectivity index (χ0v) is 10.8. The van der Waals surface area contributed by atoms with Crippen LogP contribution in [0.15, 0.2) is 0 Å². The van der Waals surface area contributed by atoms with E-state index >= 15 is 0 Å². The average molecular weight is 336 g/mol. The number of alkyl halides is 9. The molecule has 0 bridgehead atoms. The van der Waals surface area contributed by atoms with E-state index in [0.29, 0.717) is 6.92 Å². The first kappa shape index (κ1) is 20.3. The highest BCUT2D eigenvalue weighted by atomic mass is 19.4. The second-order valence-corrected chi connectivity index (χ2v) is 5.14. The normalized spacial score (nSPS) is 19.3. The van der Waals surface area contributed by atoms with Crippen LogP contribution < -0.4 is 0 Å². The van der Waals surface area contributed by atoms with Crippen molar-refractivity contribution in [2.75, 3.05) is 0 Å². The molecule has 0 aliphatic heterocycles. The van der Waals surface area contributed by atoms with Gasteiger partial charge in [-0.2, -0.15) is 39.5 Å². The van der Waals surface area contributed by atoms with Gasteiger partial charge in [0, 0.05) is 0 Å². The Bertz CT molecular complexity index is 339. The van der Waals surface area contributed by atoms with Gasteiger partial charge in [-0.25, -0.2) is 0 Å². The van der Waals surface area contributed by atoms with Crippen LogP contribution in [0.1, 0.15) is 26.7 Å². The molecule has 2 unspecified atom stereocenters. The molecule has 0 aromatic carbocycles. The SMILES string of the molecule is CC(CC(C)(O)C(F)(F)F)CC(O)(C(F)(F)F)C(F)(F)F. The maximum Gasteiger partial charge on any atom is 0.426 e. The van der Waals surface area contributed by atoms with E-state index in [9.17, 15) is 39.5 Å². The first-order chi connectivity index (χ1) is 8.85. The van der Waals surface area contributed by atoms with Crippen molar-refractivity contribution in [2.24, 2.45) is 5.92 Å². The third-order valence-corrected chi connectivity index (χ3v) is 2.94. The van der Waals surface area contributed by atoms with Crippen LogP contribution in [0.3, 0.4) is 0 Å². The molecule has 0 saturated carbocycles. The van der Waals surface area contributed by atoms with Gasteiger partial charge in [-0.05, 0) is 25.7 Å². The van der Waals surface area contributed by atoms with Gasteiger partial charge < -0.3 is 10.2 Å². The summed E-state index contributed by atoms with van der Waals surface area (Å²) in [5.74, 6) is -1.91. The molecule has 2 N–H and O–H groups in total. The van der Waals surface area contributed by atoms with Crippen LogP contribution in [0.5, 0.6) is 0 Å². The van der Waals surface area contributed by atoms with E-state index in [-0.39, 0.29) is 6.92 Å². The van der Waals surface area contributed by atoms with Crippen LogP contribution in [-0.2, 0) is 0 Å². The molecule has 0 aromatic heterocycles. The molecular formula is C10H13F9O2. The van der Waals surface area contributed by atoms with Gasteiger partial charge in [0.1, 0.15) is 0 Å². The summed E-state index contributed by atoms with van der Waals surface area (Å²) in [6.45, 7) is 0.867. The molecule has 0 amide bonds. The quantitative estimate of drug-likeness (QED) is 0.771. The summed E-state index contributed by atoms with van der Waals surface area (Å²) in [6.07, 6.45) is -20.9. The molecule has 128 valence electrons. The van der Waals surface area contributed by atoms with Crippen molar-refractivity contribution in [2.45, 2.75) is 56.4 Å². The van der Waals surface area contributed by atoms with Crippen LogP contribution in [-0.4, -0.2) is 39.9 Å². The van der Waals surface area contributed by atoms with Crippen molar-refractivity contribution in [3.63, 3.8) is 0 Å². The molecular weight excluding hydrogens is 323 g/mol. The number of hydrogen-bond donors (Lipinski definition) is 2. The van der Waals surface area contributed by atoms with Crippen LogP contribution in [0.4, 0.5) is 39.5 Å². The standard InChI is InChI=1S/C10H13F9O2/c1-5(3-6(2,20)8(11,12)13)4-7(21,9(14,15)16)10(17,18)19/h5,20-21H,3-4H2,1-2H3. The summed E-state index contributed by atoms with van der Waals surface area (Å²) >= 11 is 0. The fraction of sp³-hybridized carbons (Fsp3) is 1.00. The van der Waals surface area contributed by atoms with Gasteiger partial charge in [0.25, 0.3) is 5.60 Å². The fourth-order valence-electron chi connectivity index (χ4n) is 1.76. The summed E-state index contributed by atoms with van der Waals surface area (Å²) in [7, 11) is 0. The zero-order chi connectivity index (χ0) is 17.5. The van der Waals surface area contributed by atoms with E-state index in [1.54, 1.807) is 0 Å². The molecule has 2 nitrogen and oxygen atoms in total. The molecule has 0 radical (unpaired) electrons. The van der Waals surface area contributed by atoms with E-state index in [1.807, 2.05) is 0 Å². The van der Waals surface area contributed by atoms with Crippen molar-refractivity contribution in [3.05, 3.63) is 0 Å².